The molecule has 2 rings (SSSR count). The van der Waals surface area contributed by atoms with Gasteiger partial charge in [0.2, 0.25) is 0 Å². The number of carbonyl (C=O) groups is 1. The molecule has 1 aromatic carbocycles. The number of hydrogen-bond donors (Lipinski definition) is 1. The summed E-state index contributed by atoms with van der Waals surface area (Å²) < 4.78 is 5.37. The number of hydrogen-bond acceptors (Lipinski definition) is 4. The molecule has 1 aromatic heterocycles. The zero-order chi connectivity index (χ0) is 16.8. The normalized spacial score (nSPS) is 12.0. The Morgan fingerprint density at radius 2 is 2.09 bits per heavy atom. The van der Waals surface area contributed by atoms with Gasteiger partial charge in [-0.05, 0) is 37.1 Å². The maximum atomic E-state index is 11.4. The molecule has 0 bridgehead atoms. The van der Waals surface area contributed by atoms with Crippen LogP contribution in [0, 0.1) is 5.92 Å². The molecule has 0 saturated carbocycles. The average Bonchev–Trinajstić information content (AvgIpc) is 2.55. The molecule has 1 atom stereocenters. The van der Waals surface area contributed by atoms with Crippen molar-refractivity contribution in [2.24, 2.45) is 5.92 Å². The number of aromatic nitrogens is 2. The average molecular weight is 314 g/mol. The Hall–Kier alpha value is -2.43. The third-order valence-corrected chi connectivity index (χ3v) is 3.74. The summed E-state index contributed by atoms with van der Waals surface area (Å²) in [7, 11) is 0. The monoisotopic (exact) mass is 314 g/mol. The quantitative estimate of drug-likeness (QED) is 0.841. The van der Waals surface area contributed by atoms with Gasteiger partial charge in [0.1, 0.15) is 17.1 Å². The zero-order valence-corrected chi connectivity index (χ0v) is 13.7. The third kappa shape index (κ3) is 4.28. The molecule has 0 aliphatic heterocycles. The minimum atomic E-state index is -1.01. The molecule has 23 heavy (non-hydrogen) atoms. The van der Waals surface area contributed by atoms with Crippen LogP contribution in [0.5, 0.6) is 5.75 Å². The van der Waals surface area contributed by atoms with E-state index in [9.17, 15) is 9.90 Å². The molecule has 0 spiro atoms. The number of nitrogens with zero attached hydrogens (tertiary/aromatic N) is 2. The fourth-order valence-corrected chi connectivity index (χ4v) is 2.25. The van der Waals surface area contributed by atoms with Crippen LogP contribution in [-0.4, -0.2) is 27.7 Å². The maximum Gasteiger partial charge on any atom is 0.339 e. The van der Waals surface area contributed by atoms with Crippen molar-refractivity contribution in [1.29, 1.82) is 0 Å². The Labute approximate surface area is 136 Å². The van der Waals surface area contributed by atoms with E-state index in [2.05, 4.69) is 23.8 Å². The van der Waals surface area contributed by atoms with Crippen LogP contribution in [0.15, 0.2) is 30.5 Å². The molecule has 1 unspecified atom stereocenters. The molecular formula is C18H22N2O3. The summed E-state index contributed by atoms with van der Waals surface area (Å²) in [6, 6.07) is 6.90. The lowest BCUT2D eigenvalue weighted by atomic mass is 10.0. The van der Waals surface area contributed by atoms with Crippen LogP contribution >= 0.6 is 0 Å². The van der Waals surface area contributed by atoms with Gasteiger partial charge in [0.25, 0.3) is 0 Å². The van der Waals surface area contributed by atoms with Gasteiger partial charge >= 0.3 is 5.97 Å². The first kappa shape index (κ1) is 16.9. The highest BCUT2D eigenvalue weighted by Crippen LogP contribution is 2.26. The van der Waals surface area contributed by atoms with E-state index in [4.69, 9.17) is 4.74 Å². The van der Waals surface area contributed by atoms with Crippen LogP contribution in [-0.2, 0) is 6.42 Å². The second-order valence-electron chi connectivity index (χ2n) is 5.52. The smallest absolute Gasteiger partial charge is 0.339 e. The highest BCUT2D eigenvalue weighted by Gasteiger charge is 2.14. The van der Waals surface area contributed by atoms with Gasteiger partial charge in [-0.2, -0.15) is 0 Å². The number of carboxylic acids is 1. The van der Waals surface area contributed by atoms with E-state index in [0.29, 0.717) is 18.3 Å². The molecule has 5 nitrogen and oxygen atoms in total. The van der Waals surface area contributed by atoms with E-state index in [-0.39, 0.29) is 5.56 Å². The molecule has 0 saturated heterocycles. The van der Waals surface area contributed by atoms with Crippen molar-refractivity contribution < 1.29 is 14.6 Å². The largest absolute Gasteiger partial charge is 0.493 e. The van der Waals surface area contributed by atoms with Gasteiger partial charge in [-0.1, -0.05) is 20.3 Å². The Morgan fingerprint density at radius 3 is 2.74 bits per heavy atom. The number of carboxylic acid groups (broad SMARTS) is 1. The first-order chi connectivity index (χ1) is 11.0. The van der Waals surface area contributed by atoms with Crippen molar-refractivity contribution in [1.82, 2.24) is 9.97 Å². The molecule has 0 aliphatic carbocycles. The van der Waals surface area contributed by atoms with Crippen molar-refractivity contribution in [3.8, 4) is 17.0 Å². The number of aromatic carboxylic acids is 1. The summed E-state index contributed by atoms with van der Waals surface area (Å²) in [5.74, 6) is 0.657. The molecule has 122 valence electrons. The highest BCUT2D eigenvalue weighted by atomic mass is 16.5. The molecule has 2 aromatic rings. The van der Waals surface area contributed by atoms with Crippen molar-refractivity contribution in [3.05, 3.63) is 41.9 Å². The van der Waals surface area contributed by atoms with E-state index in [0.717, 1.165) is 29.9 Å². The van der Waals surface area contributed by atoms with Gasteiger partial charge < -0.3 is 9.84 Å². The van der Waals surface area contributed by atoms with Gasteiger partial charge in [-0.15, -0.1) is 0 Å². The minimum Gasteiger partial charge on any atom is -0.493 e. The third-order valence-electron chi connectivity index (χ3n) is 3.74. The number of benzene rings is 1. The van der Waals surface area contributed by atoms with Gasteiger partial charge in [0.05, 0.1) is 12.3 Å². The topological polar surface area (TPSA) is 72.3 Å². The second-order valence-corrected chi connectivity index (χ2v) is 5.52. The van der Waals surface area contributed by atoms with Crippen molar-refractivity contribution >= 4 is 5.97 Å². The van der Waals surface area contributed by atoms with Crippen molar-refractivity contribution in [2.75, 3.05) is 6.61 Å². The SMILES string of the molecule is CCOc1ccc(-c2ccnc(CC(C)CC)n2)cc1C(=O)O. The molecule has 0 amide bonds. The summed E-state index contributed by atoms with van der Waals surface area (Å²) in [6.07, 6.45) is 3.60. The van der Waals surface area contributed by atoms with Crippen LogP contribution in [0.2, 0.25) is 0 Å². The maximum absolute atomic E-state index is 11.4. The first-order valence-electron chi connectivity index (χ1n) is 7.87. The summed E-state index contributed by atoms with van der Waals surface area (Å²) in [4.78, 5) is 20.3. The van der Waals surface area contributed by atoms with Gasteiger partial charge in [-0.3, -0.25) is 0 Å². The minimum absolute atomic E-state index is 0.145. The number of ether oxygens (including phenoxy) is 1. The fourth-order valence-electron chi connectivity index (χ4n) is 2.25. The molecule has 1 heterocycles. The lowest BCUT2D eigenvalue weighted by Gasteiger charge is -2.11. The van der Waals surface area contributed by atoms with E-state index in [1.54, 1.807) is 24.4 Å². The van der Waals surface area contributed by atoms with E-state index >= 15 is 0 Å². The van der Waals surface area contributed by atoms with Crippen LogP contribution in [0.4, 0.5) is 0 Å². The molecule has 0 radical (unpaired) electrons. The Kier molecular flexibility index (Phi) is 5.68. The standard InChI is InChI=1S/C18H22N2O3/c1-4-12(3)10-17-19-9-8-15(20-17)13-6-7-16(23-5-2)14(11-13)18(21)22/h6-9,11-12H,4-5,10H2,1-3H3,(H,21,22). The molecule has 5 heteroatoms. The summed E-state index contributed by atoms with van der Waals surface area (Å²) >= 11 is 0. The van der Waals surface area contributed by atoms with Gasteiger partial charge in [0, 0.05) is 18.2 Å². The summed E-state index contributed by atoms with van der Waals surface area (Å²) in [5.41, 5.74) is 1.62. The van der Waals surface area contributed by atoms with E-state index < -0.39 is 5.97 Å². The Morgan fingerprint density at radius 1 is 1.30 bits per heavy atom. The summed E-state index contributed by atoms with van der Waals surface area (Å²) in [5, 5.41) is 9.36. The molecule has 1 N–H and O–H groups in total. The Bertz CT molecular complexity index is 686. The summed E-state index contributed by atoms with van der Waals surface area (Å²) in [6.45, 7) is 6.55. The predicted molar refractivity (Wildman–Crippen MR) is 88.8 cm³/mol. The molecule has 0 aliphatic rings. The zero-order valence-electron chi connectivity index (χ0n) is 13.7. The molecular weight excluding hydrogens is 292 g/mol. The van der Waals surface area contributed by atoms with E-state index in [1.165, 1.54) is 0 Å². The molecule has 0 fully saturated rings. The fraction of sp³-hybridized carbons (Fsp3) is 0.389. The highest BCUT2D eigenvalue weighted by molar-refractivity contribution is 5.92. The second kappa shape index (κ2) is 7.72. The number of rotatable bonds is 7. The van der Waals surface area contributed by atoms with Gasteiger partial charge in [0.15, 0.2) is 0 Å². The van der Waals surface area contributed by atoms with Crippen LogP contribution < -0.4 is 4.74 Å². The van der Waals surface area contributed by atoms with Crippen LogP contribution in [0.3, 0.4) is 0 Å². The van der Waals surface area contributed by atoms with Crippen LogP contribution in [0.1, 0.15) is 43.4 Å². The predicted octanol–water partition coefficient (Wildman–Crippen LogP) is 3.83. The Balaban J connectivity index is 2.36. The first-order valence-corrected chi connectivity index (χ1v) is 7.87. The van der Waals surface area contributed by atoms with Crippen molar-refractivity contribution in [3.63, 3.8) is 0 Å². The lowest BCUT2D eigenvalue weighted by Crippen LogP contribution is -2.05. The van der Waals surface area contributed by atoms with Crippen molar-refractivity contribution in [2.45, 2.75) is 33.6 Å². The van der Waals surface area contributed by atoms with Gasteiger partial charge in [-0.25, -0.2) is 14.8 Å². The lowest BCUT2D eigenvalue weighted by molar-refractivity contribution is 0.0692. The van der Waals surface area contributed by atoms with E-state index in [1.807, 2.05) is 13.0 Å². The van der Waals surface area contributed by atoms with Crippen LogP contribution in [0.25, 0.3) is 11.3 Å².